The molecule has 6 nitrogen and oxygen atoms in total. The zero-order valence-corrected chi connectivity index (χ0v) is 16.1. The van der Waals surface area contributed by atoms with Crippen LogP contribution in [0.2, 0.25) is 0 Å². The van der Waals surface area contributed by atoms with Crippen molar-refractivity contribution >= 4 is 16.9 Å². The van der Waals surface area contributed by atoms with Crippen molar-refractivity contribution in [3.63, 3.8) is 0 Å². The molecule has 1 aromatic heterocycles. The molecule has 0 aliphatic carbocycles. The minimum atomic E-state index is -0.957. The van der Waals surface area contributed by atoms with Gasteiger partial charge in [-0.15, -0.1) is 0 Å². The molecular weight excluding hydrogens is 370 g/mol. The van der Waals surface area contributed by atoms with Gasteiger partial charge in [-0.25, -0.2) is 9.59 Å². The molecule has 0 spiro atoms. The van der Waals surface area contributed by atoms with Crippen molar-refractivity contribution in [2.75, 3.05) is 19.6 Å². The Bertz CT molecular complexity index is 1110. The van der Waals surface area contributed by atoms with E-state index in [1.165, 1.54) is 12.8 Å². The SMILES string of the molecule is O=C(O)c1ccc(Cc2c(O)c3ccccc3oc2=O)cc1CCN1CCCC1. The van der Waals surface area contributed by atoms with E-state index in [1.54, 1.807) is 36.4 Å². The molecule has 3 aromatic rings. The number of carbonyl (C=O) groups is 1. The summed E-state index contributed by atoms with van der Waals surface area (Å²) in [5.74, 6) is -1.04. The van der Waals surface area contributed by atoms with Gasteiger partial charge in [0.05, 0.1) is 16.5 Å². The summed E-state index contributed by atoms with van der Waals surface area (Å²) in [6.07, 6.45) is 3.18. The van der Waals surface area contributed by atoms with Crippen LogP contribution in [0.15, 0.2) is 51.7 Å². The van der Waals surface area contributed by atoms with Crippen LogP contribution in [0, 0.1) is 0 Å². The Morgan fingerprint density at radius 1 is 1.10 bits per heavy atom. The molecule has 0 unspecified atom stereocenters. The number of benzene rings is 2. The van der Waals surface area contributed by atoms with Crippen LogP contribution in [0.4, 0.5) is 0 Å². The molecule has 2 N–H and O–H groups in total. The van der Waals surface area contributed by atoms with Crippen LogP contribution in [-0.2, 0) is 12.8 Å². The molecule has 0 bridgehead atoms. The van der Waals surface area contributed by atoms with Crippen LogP contribution in [0.1, 0.15) is 39.9 Å². The normalized spacial score (nSPS) is 14.5. The maximum absolute atomic E-state index is 12.4. The molecule has 150 valence electrons. The van der Waals surface area contributed by atoms with Gasteiger partial charge in [0.25, 0.3) is 0 Å². The number of hydrogen-bond donors (Lipinski definition) is 2. The first-order valence-electron chi connectivity index (χ1n) is 9.84. The topological polar surface area (TPSA) is 91.0 Å². The van der Waals surface area contributed by atoms with Crippen LogP contribution in [0.25, 0.3) is 11.0 Å². The average Bonchev–Trinajstić information content (AvgIpc) is 3.23. The van der Waals surface area contributed by atoms with Crippen molar-refractivity contribution in [2.24, 2.45) is 0 Å². The van der Waals surface area contributed by atoms with Gasteiger partial charge >= 0.3 is 11.6 Å². The van der Waals surface area contributed by atoms with Crippen LogP contribution in [0.5, 0.6) is 5.75 Å². The highest BCUT2D eigenvalue weighted by Gasteiger charge is 2.18. The van der Waals surface area contributed by atoms with Crippen LogP contribution in [-0.4, -0.2) is 40.7 Å². The summed E-state index contributed by atoms with van der Waals surface area (Å²) in [5.41, 5.74) is 1.73. The van der Waals surface area contributed by atoms with Crippen molar-refractivity contribution in [3.8, 4) is 5.75 Å². The zero-order valence-electron chi connectivity index (χ0n) is 16.1. The lowest BCUT2D eigenvalue weighted by Crippen LogP contribution is -2.22. The minimum absolute atomic E-state index is 0.0854. The standard InChI is InChI=1S/C23H23NO5/c25-21-18-5-1-2-6-20(18)29-23(28)19(21)14-15-7-8-17(22(26)27)16(13-15)9-12-24-10-3-4-11-24/h1-2,5-8,13,25H,3-4,9-12,14H2,(H,26,27). The van der Waals surface area contributed by atoms with Gasteiger partial charge in [-0.3, -0.25) is 0 Å². The summed E-state index contributed by atoms with van der Waals surface area (Å²) in [6, 6.07) is 11.9. The third-order valence-electron chi connectivity index (χ3n) is 5.55. The molecule has 29 heavy (non-hydrogen) atoms. The molecule has 2 heterocycles. The fraction of sp³-hybridized carbons (Fsp3) is 0.304. The third kappa shape index (κ3) is 4.03. The van der Waals surface area contributed by atoms with E-state index in [0.717, 1.165) is 30.8 Å². The molecule has 6 heteroatoms. The summed E-state index contributed by atoms with van der Waals surface area (Å²) >= 11 is 0. The predicted octanol–water partition coefficient (Wildman–Crippen LogP) is 3.43. The summed E-state index contributed by atoms with van der Waals surface area (Å²) in [4.78, 5) is 26.3. The van der Waals surface area contributed by atoms with Crippen molar-refractivity contribution in [2.45, 2.75) is 25.7 Å². The van der Waals surface area contributed by atoms with Crippen molar-refractivity contribution < 1.29 is 19.4 Å². The van der Waals surface area contributed by atoms with Gasteiger partial charge in [0.2, 0.25) is 0 Å². The lowest BCUT2D eigenvalue weighted by Gasteiger charge is -2.16. The van der Waals surface area contributed by atoms with Crippen molar-refractivity contribution in [1.82, 2.24) is 4.90 Å². The van der Waals surface area contributed by atoms with Crippen molar-refractivity contribution in [3.05, 3.63) is 75.1 Å². The molecule has 0 radical (unpaired) electrons. The number of fused-ring (bicyclic) bond motifs is 1. The Labute approximate surface area is 168 Å². The first kappa shape index (κ1) is 19.2. The number of rotatable bonds is 6. The molecule has 0 saturated carbocycles. The lowest BCUT2D eigenvalue weighted by molar-refractivity contribution is 0.0695. The summed E-state index contributed by atoms with van der Waals surface area (Å²) in [5, 5.41) is 20.6. The van der Waals surface area contributed by atoms with Crippen LogP contribution < -0.4 is 5.63 Å². The van der Waals surface area contributed by atoms with Crippen LogP contribution >= 0.6 is 0 Å². The fourth-order valence-corrected chi connectivity index (χ4v) is 3.99. The second kappa shape index (κ2) is 8.09. The highest BCUT2D eigenvalue weighted by molar-refractivity contribution is 5.89. The summed E-state index contributed by atoms with van der Waals surface area (Å²) < 4.78 is 5.34. The van der Waals surface area contributed by atoms with Gasteiger partial charge in [-0.05, 0) is 61.7 Å². The molecule has 1 fully saturated rings. The minimum Gasteiger partial charge on any atom is -0.507 e. The highest BCUT2D eigenvalue weighted by atomic mass is 16.4. The maximum Gasteiger partial charge on any atom is 0.343 e. The van der Waals surface area contributed by atoms with Gasteiger partial charge in [0.1, 0.15) is 11.3 Å². The number of para-hydroxylation sites is 1. The number of hydrogen-bond acceptors (Lipinski definition) is 5. The Hall–Kier alpha value is -3.12. The fourth-order valence-electron chi connectivity index (χ4n) is 3.99. The number of carboxylic acid groups (broad SMARTS) is 1. The largest absolute Gasteiger partial charge is 0.507 e. The molecule has 4 rings (SSSR count). The number of nitrogens with zero attached hydrogens (tertiary/aromatic N) is 1. The molecule has 0 amide bonds. The molecular formula is C23H23NO5. The van der Waals surface area contributed by atoms with E-state index in [-0.39, 0.29) is 23.3 Å². The Morgan fingerprint density at radius 2 is 1.86 bits per heavy atom. The van der Waals surface area contributed by atoms with Gasteiger partial charge in [-0.1, -0.05) is 24.3 Å². The predicted molar refractivity (Wildman–Crippen MR) is 110 cm³/mol. The Kier molecular flexibility index (Phi) is 5.36. The number of aromatic carboxylic acids is 1. The van der Waals surface area contributed by atoms with E-state index < -0.39 is 11.6 Å². The highest BCUT2D eigenvalue weighted by Crippen LogP contribution is 2.28. The number of carboxylic acids is 1. The zero-order chi connectivity index (χ0) is 20.4. The van der Waals surface area contributed by atoms with E-state index in [0.29, 0.717) is 17.4 Å². The van der Waals surface area contributed by atoms with E-state index >= 15 is 0 Å². The molecule has 1 aliphatic heterocycles. The Morgan fingerprint density at radius 3 is 2.62 bits per heavy atom. The van der Waals surface area contributed by atoms with Gasteiger partial charge < -0.3 is 19.5 Å². The van der Waals surface area contributed by atoms with E-state index in [4.69, 9.17) is 4.42 Å². The van der Waals surface area contributed by atoms with E-state index in [9.17, 15) is 19.8 Å². The monoisotopic (exact) mass is 393 g/mol. The second-order valence-electron chi connectivity index (χ2n) is 7.49. The first-order valence-corrected chi connectivity index (χ1v) is 9.84. The summed E-state index contributed by atoms with van der Waals surface area (Å²) in [6.45, 7) is 2.91. The van der Waals surface area contributed by atoms with E-state index in [2.05, 4.69) is 4.90 Å². The smallest absolute Gasteiger partial charge is 0.343 e. The van der Waals surface area contributed by atoms with Gasteiger partial charge in [0, 0.05) is 13.0 Å². The molecule has 0 atom stereocenters. The quantitative estimate of drug-likeness (QED) is 0.624. The number of likely N-dealkylation sites (tertiary alicyclic amines) is 1. The molecule has 2 aromatic carbocycles. The van der Waals surface area contributed by atoms with E-state index in [1.807, 2.05) is 6.07 Å². The first-order chi connectivity index (χ1) is 14.0. The number of aromatic hydroxyl groups is 1. The Balaban J connectivity index is 1.65. The molecule has 1 aliphatic rings. The lowest BCUT2D eigenvalue weighted by atomic mass is 9.97. The molecule has 1 saturated heterocycles. The second-order valence-corrected chi connectivity index (χ2v) is 7.49. The summed E-state index contributed by atoms with van der Waals surface area (Å²) in [7, 11) is 0. The van der Waals surface area contributed by atoms with Crippen LogP contribution in [0.3, 0.4) is 0 Å². The average molecular weight is 393 g/mol. The maximum atomic E-state index is 12.4. The van der Waals surface area contributed by atoms with Gasteiger partial charge in [0.15, 0.2) is 0 Å². The van der Waals surface area contributed by atoms with Crippen molar-refractivity contribution in [1.29, 1.82) is 0 Å². The third-order valence-corrected chi connectivity index (χ3v) is 5.55. The van der Waals surface area contributed by atoms with Gasteiger partial charge in [-0.2, -0.15) is 0 Å².